The molecule has 1 aromatic heterocycles. The lowest BCUT2D eigenvalue weighted by molar-refractivity contribution is 0.103. The monoisotopic (exact) mass is 365 g/mol. The summed E-state index contributed by atoms with van der Waals surface area (Å²) in [7, 11) is 0. The maximum Gasteiger partial charge on any atom is 0.196 e. The zero-order valence-corrected chi connectivity index (χ0v) is 15.5. The topological polar surface area (TPSA) is 54.9 Å². The quantitative estimate of drug-likeness (QED) is 0.479. The molecule has 136 valence electrons. The summed E-state index contributed by atoms with van der Waals surface area (Å²) in [5.41, 5.74) is 4.70. The van der Waals surface area contributed by atoms with E-state index in [-0.39, 0.29) is 5.78 Å². The molecule has 0 aliphatic heterocycles. The van der Waals surface area contributed by atoms with Gasteiger partial charge in [0.1, 0.15) is 0 Å². The fraction of sp³-hybridized carbons (Fsp3) is 0.0417. The Bertz CT molecular complexity index is 1090. The van der Waals surface area contributed by atoms with Gasteiger partial charge in [0.25, 0.3) is 0 Å². The first-order valence-corrected chi connectivity index (χ1v) is 9.07. The molecule has 0 bridgehead atoms. The van der Waals surface area contributed by atoms with Gasteiger partial charge in [-0.3, -0.25) is 4.79 Å². The number of hydrogen-bond donors (Lipinski definition) is 1. The molecular formula is C24H19N3O. The van der Waals surface area contributed by atoms with Crippen molar-refractivity contribution in [3.63, 3.8) is 0 Å². The number of para-hydroxylation sites is 1. The predicted octanol–water partition coefficient (Wildman–Crippen LogP) is 5.43. The number of anilines is 2. The van der Waals surface area contributed by atoms with Gasteiger partial charge in [-0.2, -0.15) is 0 Å². The lowest BCUT2D eigenvalue weighted by Gasteiger charge is -2.12. The van der Waals surface area contributed by atoms with Gasteiger partial charge in [-0.1, -0.05) is 78.4 Å². The fourth-order valence-corrected chi connectivity index (χ4v) is 2.93. The van der Waals surface area contributed by atoms with Gasteiger partial charge < -0.3 is 5.32 Å². The van der Waals surface area contributed by atoms with Crippen molar-refractivity contribution in [2.24, 2.45) is 0 Å². The highest BCUT2D eigenvalue weighted by molar-refractivity contribution is 6.12. The molecule has 0 radical (unpaired) electrons. The molecule has 0 fully saturated rings. The van der Waals surface area contributed by atoms with E-state index in [0.717, 1.165) is 11.3 Å². The van der Waals surface area contributed by atoms with Crippen LogP contribution in [0, 0.1) is 6.92 Å². The smallest absolute Gasteiger partial charge is 0.196 e. The number of ketones is 1. The highest BCUT2D eigenvalue weighted by Gasteiger charge is 2.17. The first-order valence-electron chi connectivity index (χ1n) is 9.07. The lowest BCUT2D eigenvalue weighted by Crippen LogP contribution is -2.09. The van der Waals surface area contributed by atoms with Crippen LogP contribution in [0.3, 0.4) is 0 Å². The minimum absolute atomic E-state index is 0.0951. The molecule has 0 aliphatic carbocycles. The van der Waals surface area contributed by atoms with Crippen LogP contribution in [0.25, 0.3) is 11.3 Å². The van der Waals surface area contributed by atoms with Crippen LogP contribution in [0.15, 0.2) is 91.0 Å². The van der Waals surface area contributed by atoms with E-state index in [4.69, 9.17) is 0 Å². The van der Waals surface area contributed by atoms with Gasteiger partial charge >= 0.3 is 0 Å². The number of benzene rings is 3. The molecule has 0 unspecified atom stereocenters. The van der Waals surface area contributed by atoms with Crippen LogP contribution in [0.1, 0.15) is 21.5 Å². The van der Waals surface area contributed by atoms with E-state index in [9.17, 15) is 4.79 Å². The van der Waals surface area contributed by atoms with Crippen LogP contribution in [0.5, 0.6) is 0 Å². The third-order valence-corrected chi connectivity index (χ3v) is 4.46. The SMILES string of the molecule is Cc1ccc(-c2cc(C(=O)c3ccccc3)c(Nc3ccccc3)nn2)cc1. The summed E-state index contributed by atoms with van der Waals surface area (Å²) in [5.74, 6) is 0.346. The van der Waals surface area contributed by atoms with E-state index in [0.29, 0.717) is 22.6 Å². The second-order valence-corrected chi connectivity index (χ2v) is 6.54. The van der Waals surface area contributed by atoms with Crippen LogP contribution in [-0.2, 0) is 0 Å². The molecule has 4 nitrogen and oxygen atoms in total. The molecule has 0 spiro atoms. The average Bonchev–Trinajstić information content (AvgIpc) is 2.75. The second-order valence-electron chi connectivity index (χ2n) is 6.54. The summed E-state index contributed by atoms with van der Waals surface area (Å²) >= 11 is 0. The van der Waals surface area contributed by atoms with Crippen molar-refractivity contribution in [3.05, 3.63) is 108 Å². The molecule has 1 heterocycles. The molecule has 4 rings (SSSR count). The molecule has 4 heteroatoms. The molecule has 0 atom stereocenters. The van der Waals surface area contributed by atoms with E-state index >= 15 is 0 Å². The van der Waals surface area contributed by atoms with Gasteiger partial charge in [0.15, 0.2) is 11.6 Å². The minimum Gasteiger partial charge on any atom is -0.338 e. The van der Waals surface area contributed by atoms with Crippen molar-refractivity contribution < 1.29 is 4.79 Å². The Kier molecular flexibility index (Phi) is 4.93. The van der Waals surface area contributed by atoms with Gasteiger partial charge in [-0.15, -0.1) is 10.2 Å². The maximum absolute atomic E-state index is 13.2. The highest BCUT2D eigenvalue weighted by atomic mass is 16.1. The summed E-state index contributed by atoms with van der Waals surface area (Å²) in [6, 6.07) is 28.7. The average molecular weight is 365 g/mol. The van der Waals surface area contributed by atoms with Crippen LogP contribution in [0.4, 0.5) is 11.5 Å². The third-order valence-electron chi connectivity index (χ3n) is 4.46. The number of nitrogens with zero attached hydrogens (tertiary/aromatic N) is 2. The van der Waals surface area contributed by atoms with Crippen molar-refractivity contribution in [2.75, 3.05) is 5.32 Å². The van der Waals surface area contributed by atoms with E-state index in [2.05, 4.69) is 15.5 Å². The number of nitrogens with one attached hydrogen (secondary N) is 1. The number of hydrogen-bond acceptors (Lipinski definition) is 4. The van der Waals surface area contributed by atoms with Crippen molar-refractivity contribution in [2.45, 2.75) is 6.92 Å². The van der Waals surface area contributed by atoms with Crippen LogP contribution in [0.2, 0.25) is 0 Å². The van der Waals surface area contributed by atoms with Gasteiger partial charge in [0.2, 0.25) is 0 Å². The maximum atomic E-state index is 13.2. The molecule has 28 heavy (non-hydrogen) atoms. The second kappa shape index (κ2) is 7.84. The van der Waals surface area contributed by atoms with Gasteiger partial charge in [-0.05, 0) is 25.1 Å². The molecule has 0 amide bonds. The first-order chi connectivity index (χ1) is 13.7. The van der Waals surface area contributed by atoms with Gasteiger partial charge in [0.05, 0.1) is 11.3 Å². The Morgan fingerprint density at radius 2 is 1.43 bits per heavy atom. The third kappa shape index (κ3) is 3.81. The van der Waals surface area contributed by atoms with Crippen molar-refractivity contribution in [1.82, 2.24) is 10.2 Å². The Morgan fingerprint density at radius 3 is 2.11 bits per heavy atom. The number of rotatable bonds is 5. The van der Waals surface area contributed by atoms with E-state index in [1.165, 1.54) is 5.56 Å². The Morgan fingerprint density at radius 1 is 0.786 bits per heavy atom. The summed E-state index contributed by atoms with van der Waals surface area (Å²) in [6.45, 7) is 2.03. The molecule has 0 saturated heterocycles. The molecule has 4 aromatic rings. The Balaban J connectivity index is 1.79. The summed E-state index contributed by atoms with van der Waals surface area (Å²) in [4.78, 5) is 13.2. The van der Waals surface area contributed by atoms with Crippen LogP contribution >= 0.6 is 0 Å². The predicted molar refractivity (Wildman–Crippen MR) is 112 cm³/mol. The zero-order chi connectivity index (χ0) is 19.3. The van der Waals surface area contributed by atoms with Crippen LogP contribution < -0.4 is 5.32 Å². The molecular weight excluding hydrogens is 346 g/mol. The summed E-state index contributed by atoms with van der Waals surface area (Å²) < 4.78 is 0. The lowest BCUT2D eigenvalue weighted by atomic mass is 10.0. The van der Waals surface area contributed by atoms with Crippen molar-refractivity contribution in [1.29, 1.82) is 0 Å². The minimum atomic E-state index is -0.0951. The molecule has 3 aromatic carbocycles. The number of carbonyl (C=O) groups is 1. The number of aryl methyl sites for hydroxylation is 1. The largest absolute Gasteiger partial charge is 0.338 e. The molecule has 0 saturated carbocycles. The zero-order valence-electron chi connectivity index (χ0n) is 15.5. The highest BCUT2D eigenvalue weighted by Crippen LogP contribution is 2.25. The standard InChI is InChI=1S/C24H19N3O/c1-17-12-14-18(15-13-17)22-16-21(23(28)19-8-4-2-5-9-19)24(27-26-22)25-20-10-6-3-7-11-20/h2-16H,1H3,(H,25,27). The van der Waals surface area contributed by atoms with E-state index in [1.54, 1.807) is 18.2 Å². The van der Waals surface area contributed by atoms with Crippen molar-refractivity contribution in [3.8, 4) is 11.3 Å². The van der Waals surface area contributed by atoms with E-state index in [1.807, 2.05) is 79.7 Å². The summed E-state index contributed by atoms with van der Waals surface area (Å²) in [5, 5.41) is 11.9. The van der Waals surface area contributed by atoms with Crippen LogP contribution in [-0.4, -0.2) is 16.0 Å². The number of aromatic nitrogens is 2. The van der Waals surface area contributed by atoms with Crippen molar-refractivity contribution >= 4 is 17.3 Å². The normalized spacial score (nSPS) is 10.5. The Labute approximate surface area is 163 Å². The summed E-state index contributed by atoms with van der Waals surface area (Å²) in [6.07, 6.45) is 0. The fourth-order valence-electron chi connectivity index (χ4n) is 2.93. The van der Waals surface area contributed by atoms with Gasteiger partial charge in [-0.25, -0.2) is 0 Å². The molecule has 0 aliphatic rings. The Hall–Kier alpha value is -3.79. The first kappa shape index (κ1) is 17.6. The number of carbonyl (C=O) groups excluding carboxylic acids is 1. The molecule has 1 N–H and O–H groups in total. The van der Waals surface area contributed by atoms with Gasteiger partial charge in [0, 0.05) is 16.8 Å². The van der Waals surface area contributed by atoms with E-state index < -0.39 is 0 Å².